The molecule has 0 aromatic rings. The van der Waals surface area contributed by atoms with Gasteiger partial charge >= 0.3 is 0 Å². The lowest BCUT2D eigenvalue weighted by Gasteiger charge is -2.18. The molecule has 2 aliphatic rings. The fourth-order valence-electron chi connectivity index (χ4n) is 1.27. The maximum absolute atomic E-state index is 5.77. The van der Waals surface area contributed by atoms with Crippen molar-refractivity contribution in [1.29, 1.82) is 0 Å². The Morgan fingerprint density at radius 3 is 3.10 bits per heavy atom. The molecule has 2 atom stereocenters. The molecule has 2 N–H and O–H groups in total. The Hall–Kier alpha value is -0.630. The highest BCUT2D eigenvalue weighted by Gasteiger charge is 2.24. The number of thioether (sulfide) groups is 1. The van der Waals surface area contributed by atoms with Crippen molar-refractivity contribution in [3.63, 3.8) is 0 Å². The summed E-state index contributed by atoms with van der Waals surface area (Å²) in [6.07, 6.45) is 8.41. The molecule has 0 aromatic heterocycles. The van der Waals surface area contributed by atoms with Gasteiger partial charge in [-0.1, -0.05) is 18.2 Å². The molecule has 0 spiro atoms. The van der Waals surface area contributed by atoms with Crippen LogP contribution in [0.15, 0.2) is 35.4 Å². The van der Waals surface area contributed by atoms with Crippen molar-refractivity contribution in [3.05, 3.63) is 35.4 Å². The van der Waals surface area contributed by atoms with E-state index < -0.39 is 0 Å². The molecule has 1 aliphatic carbocycles. The zero-order chi connectivity index (χ0) is 6.97. The highest BCUT2D eigenvalue weighted by molar-refractivity contribution is 8.03. The van der Waals surface area contributed by atoms with E-state index >= 15 is 0 Å². The molecule has 10 heavy (non-hydrogen) atoms. The number of nitrogens with two attached hydrogens (primary N) is 1. The number of hydrogen-bond donors (Lipinski definition) is 1. The average molecular weight is 151 g/mol. The first kappa shape index (κ1) is 6.10. The molecule has 1 aliphatic heterocycles. The van der Waals surface area contributed by atoms with Crippen LogP contribution in [-0.4, -0.2) is 5.25 Å². The van der Waals surface area contributed by atoms with E-state index in [1.807, 2.05) is 23.9 Å². The van der Waals surface area contributed by atoms with E-state index in [-0.39, 0.29) is 0 Å². The molecule has 0 amide bonds. The van der Waals surface area contributed by atoms with Gasteiger partial charge in [0.05, 0.1) is 5.25 Å². The largest absolute Gasteiger partial charge is 0.401 e. The predicted octanol–water partition coefficient (Wildman–Crippen LogP) is 1.64. The maximum atomic E-state index is 5.77. The van der Waals surface area contributed by atoms with Gasteiger partial charge in [0.2, 0.25) is 0 Å². The monoisotopic (exact) mass is 151 g/mol. The van der Waals surface area contributed by atoms with Crippen LogP contribution in [0.5, 0.6) is 0 Å². The summed E-state index contributed by atoms with van der Waals surface area (Å²) < 4.78 is 0. The van der Waals surface area contributed by atoms with Crippen molar-refractivity contribution < 1.29 is 0 Å². The summed E-state index contributed by atoms with van der Waals surface area (Å²) in [7, 11) is 0. The van der Waals surface area contributed by atoms with Crippen molar-refractivity contribution in [3.8, 4) is 0 Å². The third kappa shape index (κ3) is 0.797. The van der Waals surface area contributed by atoms with E-state index in [1.165, 1.54) is 0 Å². The lowest BCUT2D eigenvalue weighted by molar-refractivity contribution is 0.808. The van der Waals surface area contributed by atoms with Gasteiger partial charge in [-0.2, -0.15) is 0 Å². The van der Waals surface area contributed by atoms with Gasteiger partial charge in [-0.15, -0.1) is 11.8 Å². The summed E-state index contributed by atoms with van der Waals surface area (Å²) in [6, 6.07) is 0. The third-order valence-corrected chi connectivity index (χ3v) is 3.02. The minimum atomic E-state index is 0.491. The van der Waals surface area contributed by atoms with Gasteiger partial charge < -0.3 is 5.73 Å². The van der Waals surface area contributed by atoms with Crippen molar-refractivity contribution >= 4 is 11.8 Å². The van der Waals surface area contributed by atoms with Crippen LogP contribution in [-0.2, 0) is 0 Å². The summed E-state index contributed by atoms with van der Waals surface area (Å²) in [5.41, 5.74) is 6.77. The van der Waals surface area contributed by atoms with E-state index in [2.05, 4.69) is 17.6 Å². The summed E-state index contributed by atoms with van der Waals surface area (Å²) in [6.45, 7) is 0. The van der Waals surface area contributed by atoms with Gasteiger partial charge in [0.15, 0.2) is 0 Å². The van der Waals surface area contributed by atoms with Crippen LogP contribution in [0.25, 0.3) is 0 Å². The Balaban J connectivity index is 2.29. The molecule has 0 bridgehead atoms. The molecule has 2 rings (SSSR count). The summed E-state index contributed by atoms with van der Waals surface area (Å²) in [5.74, 6) is 0.551. The molecule has 0 saturated heterocycles. The van der Waals surface area contributed by atoms with Gasteiger partial charge in [-0.25, -0.2) is 0 Å². The first-order valence-electron chi connectivity index (χ1n) is 3.34. The first-order chi connectivity index (χ1) is 4.88. The number of fused-ring (bicyclic) bond motifs is 1. The summed E-state index contributed by atoms with van der Waals surface area (Å²) in [5, 5.41) is 2.62. The quantitative estimate of drug-likeness (QED) is 0.569. The lowest BCUT2D eigenvalue weighted by Crippen LogP contribution is -2.20. The van der Waals surface area contributed by atoms with Gasteiger partial charge in [-0.05, 0) is 11.5 Å². The Bertz CT molecular complexity index is 227. The highest BCUT2D eigenvalue weighted by atomic mass is 32.2. The fraction of sp³-hybridized carbons (Fsp3) is 0.250. The van der Waals surface area contributed by atoms with Crippen molar-refractivity contribution in [2.24, 2.45) is 11.7 Å². The molecular formula is C8H9NS. The van der Waals surface area contributed by atoms with Gasteiger partial charge in [0, 0.05) is 11.6 Å². The zero-order valence-electron chi connectivity index (χ0n) is 5.53. The molecule has 0 saturated carbocycles. The Morgan fingerprint density at radius 2 is 2.30 bits per heavy atom. The van der Waals surface area contributed by atoms with E-state index in [4.69, 9.17) is 5.73 Å². The van der Waals surface area contributed by atoms with Crippen LogP contribution in [0.2, 0.25) is 0 Å². The Kier molecular flexibility index (Phi) is 1.34. The van der Waals surface area contributed by atoms with Crippen molar-refractivity contribution in [2.75, 3.05) is 0 Å². The number of allylic oxidation sites excluding steroid dienone is 4. The molecule has 0 fully saturated rings. The molecule has 2 heteroatoms. The number of rotatable bonds is 0. The fourth-order valence-corrected chi connectivity index (χ4v) is 2.31. The van der Waals surface area contributed by atoms with Gasteiger partial charge in [0.1, 0.15) is 0 Å². The van der Waals surface area contributed by atoms with E-state index in [0.717, 1.165) is 5.70 Å². The summed E-state index contributed by atoms with van der Waals surface area (Å²) in [4.78, 5) is 0. The van der Waals surface area contributed by atoms with E-state index in [9.17, 15) is 0 Å². The van der Waals surface area contributed by atoms with E-state index in [0.29, 0.717) is 11.2 Å². The Labute approximate surface area is 64.7 Å². The average Bonchev–Trinajstić information content (AvgIpc) is 2.36. The maximum Gasteiger partial charge on any atom is 0.0581 e. The topological polar surface area (TPSA) is 26.0 Å². The number of hydrogen-bond acceptors (Lipinski definition) is 2. The van der Waals surface area contributed by atoms with Crippen LogP contribution in [0.1, 0.15) is 0 Å². The predicted molar refractivity (Wildman–Crippen MR) is 45.4 cm³/mol. The van der Waals surface area contributed by atoms with Crippen LogP contribution < -0.4 is 5.73 Å². The van der Waals surface area contributed by atoms with Crippen LogP contribution in [0, 0.1) is 5.92 Å². The van der Waals surface area contributed by atoms with E-state index in [1.54, 1.807) is 0 Å². The molecule has 0 aromatic carbocycles. The first-order valence-corrected chi connectivity index (χ1v) is 4.28. The molecule has 52 valence electrons. The Morgan fingerprint density at radius 1 is 1.40 bits per heavy atom. The normalized spacial score (nSPS) is 35.8. The van der Waals surface area contributed by atoms with Crippen molar-refractivity contribution in [1.82, 2.24) is 0 Å². The standard InChI is InChI=1S/C8H9NS/c9-7-3-1-2-6-4-5-10-8(6)7/h1-6,8H,9H2. The molecule has 0 radical (unpaired) electrons. The third-order valence-electron chi connectivity index (χ3n) is 1.83. The minimum Gasteiger partial charge on any atom is -0.401 e. The smallest absolute Gasteiger partial charge is 0.0581 e. The van der Waals surface area contributed by atoms with Crippen LogP contribution in [0.4, 0.5) is 0 Å². The van der Waals surface area contributed by atoms with Gasteiger partial charge in [-0.3, -0.25) is 0 Å². The second-order valence-corrected chi connectivity index (χ2v) is 3.57. The highest BCUT2D eigenvalue weighted by Crippen LogP contribution is 2.35. The molecule has 1 heterocycles. The van der Waals surface area contributed by atoms with Crippen LogP contribution >= 0.6 is 11.8 Å². The SMILES string of the molecule is NC1=CC=CC2C=CSC12. The zero-order valence-corrected chi connectivity index (χ0v) is 6.34. The van der Waals surface area contributed by atoms with Crippen LogP contribution in [0.3, 0.4) is 0 Å². The molecule has 2 unspecified atom stereocenters. The second-order valence-electron chi connectivity index (χ2n) is 2.51. The van der Waals surface area contributed by atoms with Crippen molar-refractivity contribution in [2.45, 2.75) is 5.25 Å². The van der Waals surface area contributed by atoms with Gasteiger partial charge in [0.25, 0.3) is 0 Å². The lowest BCUT2D eigenvalue weighted by atomic mass is 9.99. The molecular weight excluding hydrogens is 142 g/mol. The second kappa shape index (κ2) is 2.20. The summed E-state index contributed by atoms with van der Waals surface area (Å²) >= 11 is 1.81. The minimum absolute atomic E-state index is 0.491. The molecule has 1 nitrogen and oxygen atoms in total.